The van der Waals surface area contributed by atoms with E-state index in [1.807, 2.05) is 6.20 Å². The van der Waals surface area contributed by atoms with Crippen LogP contribution in [0.25, 0.3) is 0 Å². The lowest BCUT2D eigenvalue weighted by atomic mass is 10.1. The minimum Gasteiger partial charge on any atom is -0.351 e. The molecule has 0 unspecified atom stereocenters. The number of carbonyl (C=O) groups excluding carboxylic acids is 1. The molecule has 1 aromatic heterocycles. The van der Waals surface area contributed by atoms with Crippen LogP contribution in [0.2, 0.25) is 0 Å². The Labute approximate surface area is 142 Å². The van der Waals surface area contributed by atoms with Crippen LogP contribution in [-0.4, -0.2) is 33.9 Å². The Hall–Kier alpha value is -1.32. The molecule has 0 aliphatic carbocycles. The third-order valence-corrected chi connectivity index (χ3v) is 4.30. The summed E-state index contributed by atoms with van der Waals surface area (Å²) < 4.78 is 0. The molecule has 1 N–H and O–H groups in total. The van der Waals surface area contributed by atoms with Gasteiger partial charge in [0, 0.05) is 19.3 Å². The maximum Gasteiger partial charge on any atom is 0.228 e. The smallest absolute Gasteiger partial charge is 0.228 e. The number of unbranched alkanes of at least 4 members (excludes halogenated alkanes) is 8. The summed E-state index contributed by atoms with van der Waals surface area (Å²) in [6, 6.07) is 0. The quantitative estimate of drug-likeness (QED) is 0.504. The molecule has 0 aliphatic heterocycles. The molecule has 0 atom stereocenters. The zero-order valence-electron chi connectivity index (χ0n) is 15.1. The molecule has 0 spiro atoms. The minimum absolute atomic E-state index is 0.225. The number of hydrogen-bond acceptors (Lipinski definition) is 2. The summed E-state index contributed by atoms with van der Waals surface area (Å²) >= 11 is 0. The predicted molar refractivity (Wildman–Crippen MR) is 96.4 cm³/mol. The Morgan fingerprint density at radius 1 is 0.957 bits per heavy atom. The number of nitrogens with one attached hydrogen (secondary N) is 1. The van der Waals surface area contributed by atoms with Crippen molar-refractivity contribution < 1.29 is 4.79 Å². The largest absolute Gasteiger partial charge is 0.351 e. The maximum atomic E-state index is 12.5. The fourth-order valence-electron chi connectivity index (χ4n) is 2.83. The van der Waals surface area contributed by atoms with E-state index in [1.165, 1.54) is 51.4 Å². The highest BCUT2D eigenvalue weighted by atomic mass is 16.2. The van der Waals surface area contributed by atoms with Crippen molar-refractivity contribution in [3.63, 3.8) is 0 Å². The molecule has 0 aromatic carbocycles. The standard InChI is InChI=1S/C19H35N3O/c1-3-5-7-9-11-13-22(14-12-10-8-6-4-2)19(23)15-18-16-20-17-21-18/h16-17H,3-15H2,1-2H3,(H,20,21). The highest BCUT2D eigenvalue weighted by Crippen LogP contribution is 2.09. The molecular weight excluding hydrogens is 286 g/mol. The molecule has 4 heteroatoms. The lowest BCUT2D eigenvalue weighted by Gasteiger charge is -2.22. The van der Waals surface area contributed by atoms with Gasteiger partial charge in [0.2, 0.25) is 5.91 Å². The van der Waals surface area contributed by atoms with Gasteiger partial charge in [-0.25, -0.2) is 4.98 Å². The molecule has 4 nitrogen and oxygen atoms in total. The van der Waals surface area contributed by atoms with Gasteiger partial charge in [-0.1, -0.05) is 65.2 Å². The SMILES string of the molecule is CCCCCCCN(CCCCCCC)C(=O)Cc1c[nH]cn1. The van der Waals surface area contributed by atoms with Crippen molar-refractivity contribution in [3.05, 3.63) is 18.2 Å². The van der Waals surface area contributed by atoms with Gasteiger partial charge in [0.05, 0.1) is 18.4 Å². The van der Waals surface area contributed by atoms with Gasteiger partial charge in [0.15, 0.2) is 0 Å². The van der Waals surface area contributed by atoms with Gasteiger partial charge in [0.25, 0.3) is 0 Å². The Balaban J connectivity index is 2.34. The van der Waals surface area contributed by atoms with Crippen LogP contribution in [0.15, 0.2) is 12.5 Å². The van der Waals surface area contributed by atoms with Crippen LogP contribution in [0, 0.1) is 0 Å². The number of nitrogens with zero attached hydrogens (tertiary/aromatic N) is 2. The van der Waals surface area contributed by atoms with E-state index in [0.29, 0.717) is 6.42 Å². The second kappa shape index (κ2) is 13.1. The monoisotopic (exact) mass is 321 g/mol. The van der Waals surface area contributed by atoms with Crippen LogP contribution in [0.5, 0.6) is 0 Å². The van der Waals surface area contributed by atoms with E-state index in [1.54, 1.807) is 6.33 Å². The van der Waals surface area contributed by atoms with Crippen LogP contribution in [-0.2, 0) is 11.2 Å². The van der Waals surface area contributed by atoms with Gasteiger partial charge in [-0.3, -0.25) is 4.79 Å². The van der Waals surface area contributed by atoms with Crippen LogP contribution in [0.1, 0.15) is 83.7 Å². The molecule has 0 saturated carbocycles. The lowest BCUT2D eigenvalue weighted by molar-refractivity contribution is -0.130. The molecule has 0 aliphatic rings. The maximum absolute atomic E-state index is 12.5. The van der Waals surface area contributed by atoms with E-state index in [4.69, 9.17) is 0 Å². The number of amides is 1. The van der Waals surface area contributed by atoms with Crippen LogP contribution in [0.4, 0.5) is 0 Å². The molecule has 1 amide bonds. The summed E-state index contributed by atoms with van der Waals surface area (Å²) in [5.74, 6) is 0.225. The summed E-state index contributed by atoms with van der Waals surface area (Å²) in [7, 11) is 0. The van der Waals surface area contributed by atoms with Gasteiger partial charge in [-0.15, -0.1) is 0 Å². The molecule has 132 valence electrons. The van der Waals surface area contributed by atoms with Crippen LogP contribution < -0.4 is 0 Å². The van der Waals surface area contributed by atoms with Crippen molar-refractivity contribution in [2.45, 2.75) is 84.5 Å². The first-order chi connectivity index (χ1) is 11.3. The summed E-state index contributed by atoms with van der Waals surface area (Å²) in [5.41, 5.74) is 0.844. The molecule has 23 heavy (non-hydrogen) atoms. The van der Waals surface area contributed by atoms with Crippen molar-refractivity contribution in [2.24, 2.45) is 0 Å². The van der Waals surface area contributed by atoms with Crippen molar-refractivity contribution in [2.75, 3.05) is 13.1 Å². The number of hydrogen-bond donors (Lipinski definition) is 1. The fraction of sp³-hybridized carbons (Fsp3) is 0.789. The molecule has 0 saturated heterocycles. The van der Waals surface area contributed by atoms with Crippen molar-refractivity contribution in [1.82, 2.24) is 14.9 Å². The van der Waals surface area contributed by atoms with Crippen LogP contribution >= 0.6 is 0 Å². The first-order valence-electron chi connectivity index (χ1n) is 9.53. The van der Waals surface area contributed by atoms with E-state index in [0.717, 1.165) is 31.6 Å². The van der Waals surface area contributed by atoms with Gasteiger partial charge < -0.3 is 9.88 Å². The van der Waals surface area contributed by atoms with Gasteiger partial charge >= 0.3 is 0 Å². The van der Waals surface area contributed by atoms with Crippen molar-refractivity contribution in [1.29, 1.82) is 0 Å². The average molecular weight is 322 g/mol. The predicted octanol–water partition coefficient (Wildman–Crippen LogP) is 4.72. The second-order valence-electron chi connectivity index (χ2n) is 6.45. The Morgan fingerprint density at radius 2 is 1.52 bits per heavy atom. The Bertz CT molecular complexity index is 375. The Kier molecular flexibility index (Phi) is 11.3. The molecule has 1 aromatic rings. The van der Waals surface area contributed by atoms with E-state index < -0.39 is 0 Å². The number of H-pyrrole nitrogens is 1. The zero-order chi connectivity index (χ0) is 16.8. The summed E-state index contributed by atoms with van der Waals surface area (Å²) in [6.45, 7) is 6.27. The normalized spacial score (nSPS) is 10.9. The third-order valence-electron chi connectivity index (χ3n) is 4.30. The molecule has 0 fully saturated rings. The lowest BCUT2D eigenvalue weighted by Crippen LogP contribution is -2.34. The average Bonchev–Trinajstić information content (AvgIpc) is 3.05. The first kappa shape index (κ1) is 19.7. The van der Waals surface area contributed by atoms with Crippen molar-refractivity contribution in [3.8, 4) is 0 Å². The number of aromatic nitrogens is 2. The van der Waals surface area contributed by atoms with E-state index in [9.17, 15) is 4.79 Å². The molecule has 0 radical (unpaired) electrons. The minimum atomic E-state index is 0.225. The van der Waals surface area contributed by atoms with Crippen molar-refractivity contribution >= 4 is 5.91 Å². The molecule has 0 bridgehead atoms. The van der Waals surface area contributed by atoms with Gasteiger partial charge in [-0.2, -0.15) is 0 Å². The van der Waals surface area contributed by atoms with E-state index in [2.05, 4.69) is 28.7 Å². The fourth-order valence-corrected chi connectivity index (χ4v) is 2.83. The first-order valence-corrected chi connectivity index (χ1v) is 9.53. The number of rotatable bonds is 14. The van der Waals surface area contributed by atoms with E-state index >= 15 is 0 Å². The summed E-state index contributed by atoms with van der Waals surface area (Å²) in [4.78, 5) is 21.7. The van der Waals surface area contributed by atoms with Crippen LogP contribution in [0.3, 0.4) is 0 Å². The van der Waals surface area contributed by atoms with Gasteiger partial charge in [-0.05, 0) is 12.8 Å². The highest BCUT2D eigenvalue weighted by molar-refractivity contribution is 5.78. The summed E-state index contributed by atoms with van der Waals surface area (Å²) in [5, 5.41) is 0. The van der Waals surface area contributed by atoms with E-state index in [-0.39, 0.29) is 5.91 Å². The van der Waals surface area contributed by atoms with Gasteiger partial charge in [0.1, 0.15) is 0 Å². The topological polar surface area (TPSA) is 49.0 Å². The highest BCUT2D eigenvalue weighted by Gasteiger charge is 2.14. The number of imidazole rings is 1. The third kappa shape index (κ3) is 9.42. The Morgan fingerprint density at radius 3 is 2.00 bits per heavy atom. The summed E-state index contributed by atoms with van der Waals surface area (Å²) in [6.07, 6.45) is 16.3. The zero-order valence-corrected chi connectivity index (χ0v) is 15.1. The molecule has 1 heterocycles. The number of carbonyl (C=O) groups is 1. The molecule has 1 rings (SSSR count). The molecular formula is C19H35N3O. The second-order valence-corrected chi connectivity index (χ2v) is 6.45. The number of aromatic amines is 1.